The average molecular weight is 332 g/mol. The number of carbonyl (C=O) groups excluding carboxylic acids is 1. The number of piperidine rings is 1. The number of amides is 1. The highest BCUT2D eigenvalue weighted by atomic mass is 16.5. The SMILES string of the molecule is Cn1ccnc1CN(C(=O)C1CCCOC1)C1CC12CCNCC2. The lowest BCUT2D eigenvalue weighted by atomic mass is 9.93. The quantitative estimate of drug-likeness (QED) is 0.903. The number of hydrogen-bond donors (Lipinski definition) is 1. The van der Waals surface area contributed by atoms with Crippen LogP contribution < -0.4 is 5.32 Å². The van der Waals surface area contributed by atoms with Crippen LogP contribution in [-0.2, 0) is 23.1 Å². The molecule has 2 atom stereocenters. The van der Waals surface area contributed by atoms with Gasteiger partial charge in [0.1, 0.15) is 5.82 Å². The maximum absolute atomic E-state index is 13.2. The molecular formula is C18H28N4O2. The van der Waals surface area contributed by atoms with Crippen molar-refractivity contribution in [1.82, 2.24) is 19.8 Å². The van der Waals surface area contributed by atoms with Crippen LogP contribution in [-0.4, -0.2) is 52.7 Å². The fraction of sp³-hybridized carbons (Fsp3) is 0.778. The van der Waals surface area contributed by atoms with E-state index in [2.05, 4.69) is 15.2 Å². The molecule has 2 unspecified atom stereocenters. The molecule has 1 saturated carbocycles. The second kappa shape index (κ2) is 6.48. The fourth-order valence-electron chi connectivity index (χ4n) is 4.44. The van der Waals surface area contributed by atoms with Crippen molar-refractivity contribution in [2.45, 2.75) is 44.7 Å². The minimum atomic E-state index is 0.0263. The van der Waals surface area contributed by atoms with E-state index < -0.39 is 0 Å². The molecule has 1 aromatic rings. The summed E-state index contributed by atoms with van der Waals surface area (Å²) in [5, 5.41) is 3.45. The maximum atomic E-state index is 13.2. The lowest BCUT2D eigenvalue weighted by Gasteiger charge is -2.33. The monoisotopic (exact) mass is 332 g/mol. The van der Waals surface area contributed by atoms with E-state index in [-0.39, 0.29) is 11.8 Å². The number of imidazole rings is 1. The van der Waals surface area contributed by atoms with E-state index >= 15 is 0 Å². The van der Waals surface area contributed by atoms with Gasteiger partial charge in [-0.25, -0.2) is 4.98 Å². The first-order valence-corrected chi connectivity index (χ1v) is 9.25. The summed E-state index contributed by atoms with van der Waals surface area (Å²) in [5.41, 5.74) is 0.349. The molecule has 6 nitrogen and oxygen atoms in total. The Balaban J connectivity index is 1.53. The smallest absolute Gasteiger partial charge is 0.228 e. The molecule has 1 aliphatic carbocycles. The van der Waals surface area contributed by atoms with E-state index in [0.29, 0.717) is 24.6 Å². The minimum absolute atomic E-state index is 0.0263. The highest BCUT2D eigenvalue weighted by Crippen LogP contribution is 2.56. The van der Waals surface area contributed by atoms with E-state index in [9.17, 15) is 4.79 Å². The minimum Gasteiger partial charge on any atom is -0.381 e. The largest absolute Gasteiger partial charge is 0.381 e. The predicted octanol–water partition coefficient (Wildman–Crippen LogP) is 1.32. The Morgan fingerprint density at radius 2 is 2.33 bits per heavy atom. The van der Waals surface area contributed by atoms with E-state index in [1.54, 1.807) is 0 Å². The predicted molar refractivity (Wildman–Crippen MR) is 90.2 cm³/mol. The lowest BCUT2D eigenvalue weighted by molar-refractivity contribution is -0.141. The molecule has 3 aliphatic rings. The van der Waals surface area contributed by atoms with Crippen LogP contribution in [0.5, 0.6) is 0 Å². The van der Waals surface area contributed by atoms with Gasteiger partial charge in [0.05, 0.1) is 19.1 Å². The molecule has 0 radical (unpaired) electrons. The van der Waals surface area contributed by atoms with Crippen LogP contribution in [0, 0.1) is 11.3 Å². The van der Waals surface area contributed by atoms with E-state index in [1.807, 2.05) is 24.0 Å². The van der Waals surface area contributed by atoms with Crippen molar-refractivity contribution in [3.05, 3.63) is 18.2 Å². The summed E-state index contributed by atoms with van der Waals surface area (Å²) in [6.07, 6.45) is 9.23. The molecule has 4 rings (SSSR count). The Kier molecular flexibility index (Phi) is 4.35. The zero-order valence-electron chi connectivity index (χ0n) is 14.5. The summed E-state index contributed by atoms with van der Waals surface area (Å²) < 4.78 is 7.59. The van der Waals surface area contributed by atoms with Gasteiger partial charge in [-0.1, -0.05) is 0 Å². The number of nitrogens with one attached hydrogen (secondary N) is 1. The van der Waals surface area contributed by atoms with Crippen molar-refractivity contribution in [3.8, 4) is 0 Å². The van der Waals surface area contributed by atoms with Gasteiger partial charge in [-0.2, -0.15) is 0 Å². The highest BCUT2D eigenvalue weighted by molar-refractivity contribution is 5.80. The third-order valence-corrected chi connectivity index (χ3v) is 6.15. The van der Waals surface area contributed by atoms with Gasteiger partial charge in [0.15, 0.2) is 0 Å². The molecule has 1 aromatic heterocycles. The first-order chi connectivity index (χ1) is 11.7. The molecule has 2 saturated heterocycles. The first-order valence-electron chi connectivity index (χ1n) is 9.25. The molecule has 1 spiro atoms. The standard InChI is InChI=1S/C18H28N4O2/c1-21-9-8-20-16(21)12-22(17(23)14-3-2-10-24-13-14)15-11-18(15)4-6-19-7-5-18/h8-9,14-15,19H,2-7,10-13H2,1H3. The zero-order valence-corrected chi connectivity index (χ0v) is 14.5. The lowest BCUT2D eigenvalue weighted by Crippen LogP contribution is -2.44. The second-order valence-corrected chi connectivity index (χ2v) is 7.67. The van der Waals surface area contributed by atoms with Crippen LogP contribution in [0.25, 0.3) is 0 Å². The van der Waals surface area contributed by atoms with Crippen molar-refractivity contribution in [2.24, 2.45) is 18.4 Å². The van der Waals surface area contributed by atoms with Crippen molar-refractivity contribution in [1.29, 1.82) is 0 Å². The summed E-state index contributed by atoms with van der Waals surface area (Å²) in [6, 6.07) is 0.380. The molecule has 2 aliphatic heterocycles. The molecule has 1 amide bonds. The molecule has 24 heavy (non-hydrogen) atoms. The summed E-state index contributed by atoms with van der Waals surface area (Å²) in [4.78, 5) is 19.8. The summed E-state index contributed by atoms with van der Waals surface area (Å²) >= 11 is 0. The van der Waals surface area contributed by atoms with Crippen LogP contribution in [0.3, 0.4) is 0 Å². The number of hydrogen-bond acceptors (Lipinski definition) is 4. The number of rotatable bonds is 4. The van der Waals surface area contributed by atoms with Gasteiger partial charge in [-0.3, -0.25) is 4.79 Å². The molecule has 132 valence electrons. The van der Waals surface area contributed by atoms with E-state index in [4.69, 9.17) is 4.74 Å². The molecule has 6 heteroatoms. The molecule has 1 N–H and O–H groups in total. The van der Waals surface area contributed by atoms with E-state index in [0.717, 1.165) is 44.8 Å². The van der Waals surface area contributed by atoms with Gasteiger partial charge in [0, 0.05) is 32.1 Å². The summed E-state index contributed by atoms with van der Waals surface area (Å²) in [6.45, 7) is 4.15. The highest BCUT2D eigenvalue weighted by Gasteiger charge is 2.58. The summed E-state index contributed by atoms with van der Waals surface area (Å²) in [7, 11) is 2.00. The Bertz CT molecular complexity index is 588. The maximum Gasteiger partial charge on any atom is 0.228 e. The second-order valence-electron chi connectivity index (χ2n) is 7.67. The van der Waals surface area contributed by atoms with Gasteiger partial charge < -0.3 is 19.5 Å². The van der Waals surface area contributed by atoms with Crippen LogP contribution in [0.4, 0.5) is 0 Å². The first kappa shape index (κ1) is 16.1. The Labute approximate surface area is 143 Å². The third kappa shape index (κ3) is 2.97. The fourth-order valence-corrected chi connectivity index (χ4v) is 4.44. The van der Waals surface area contributed by atoms with E-state index in [1.165, 1.54) is 12.8 Å². The normalized spacial score (nSPS) is 28.7. The van der Waals surface area contributed by atoms with Gasteiger partial charge in [-0.05, 0) is 50.6 Å². The van der Waals surface area contributed by atoms with Crippen LogP contribution in [0.1, 0.15) is 37.9 Å². The van der Waals surface area contributed by atoms with Crippen molar-refractivity contribution >= 4 is 5.91 Å². The number of ether oxygens (including phenoxy) is 1. The Hall–Kier alpha value is -1.40. The van der Waals surface area contributed by atoms with Gasteiger partial charge in [0.25, 0.3) is 0 Å². The van der Waals surface area contributed by atoms with Crippen LogP contribution in [0.15, 0.2) is 12.4 Å². The molecule has 0 bridgehead atoms. The Morgan fingerprint density at radius 1 is 1.50 bits per heavy atom. The number of aromatic nitrogens is 2. The molecular weight excluding hydrogens is 304 g/mol. The van der Waals surface area contributed by atoms with Crippen molar-refractivity contribution in [3.63, 3.8) is 0 Å². The molecule has 3 heterocycles. The van der Waals surface area contributed by atoms with Crippen LogP contribution >= 0.6 is 0 Å². The van der Waals surface area contributed by atoms with Gasteiger partial charge in [0.2, 0.25) is 5.91 Å². The molecule has 0 aromatic carbocycles. The van der Waals surface area contributed by atoms with Crippen molar-refractivity contribution < 1.29 is 9.53 Å². The van der Waals surface area contributed by atoms with Crippen molar-refractivity contribution in [2.75, 3.05) is 26.3 Å². The average Bonchev–Trinajstić information content (AvgIpc) is 3.13. The molecule has 3 fully saturated rings. The third-order valence-electron chi connectivity index (χ3n) is 6.15. The number of carbonyl (C=O) groups is 1. The number of nitrogens with zero attached hydrogens (tertiary/aromatic N) is 3. The topological polar surface area (TPSA) is 59.4 Å². The summed E-state index contributed by atoms with van der Waals surface area (Å²) in [5.74, 6) is 1.27. The van der Waals surface area contributed by atoms with Gasteiger partial charge >= 0.3 is 0 Å². The van der Waals surface area contributed by atoms with Gasteiger partial charge in [-0.15, -0.1) is 0 Å². The number of aryl methyl sites for hydroxylation is 1. The zero-order chi connectivity index (χ0) is 16.6. The Morgan fingerprint density at radius 3 is 3.00 bits per heavy atom. The van der Waals surface area contributed by atoms with Crippen LogP contribution in [0.2, 0.25) is 0 Å².